The van der Waals surface area contributed by atoms with Gasteiger partial charge in [-0.2, -0.15) is 0 Å². The van der Waals surface area contributed by atoms with Crippen molar-refractivity contribution in [2.24, 2.45) is 11.1 Å². The van der Waals surface area contributed by atoms with E-state index in [1.807, 2.05) is 18.7 Å². The molecule has 25 heavy (non-hydrogen) atoms. The molecule has 0 aliphatic carbocycles. The fraction of sp³-hybridized carbons (Fsp3) is 0.579. The van der Waals surface area contributed by atoms with E-state index in [1.54, 1.807) is 24.3 Å². The van der Waals surface area contributed by atoms with Crippen LogP contribution in [0.1, 0.15) is 39.5 Å². The van der Waals surface area contributed by atoms with Crippen LogP contribution in [0.5, 0.6) is 5.75 Å². The van der Waals surface area contributed by atoms with E-state index in [4.69, 9.17) is 10.5 Å². The predicted octanol–water partition coefficient (Wildman–Crippen LogP) is 2.39. The summed E-state index contributed by atoms with van der Waals surface area (Å²) in [5.74, 6) is 0.494. The number of nitrogens with zero attached hydrogens (tertiary/aromatic N) is 1. The fourth-order valence-corrected chi connectivity index (χ4v) is 3.08. The van der Waals surface area contributed by atoms with Gasteiger partial charge in [0.05, 0.1) is 5.41 Å². The molecule has 0 saturated carbocycles. The summed E-state index contributed by atoms with van der Waals surface area (Å²) in [6, 6.07) is 7.12. The highest BCUT2D eigenvalue weighted by Crippen LogP contribution is 2.27. The van der Waals surface area contributed by atoms with Crippen molar-refractivity contribution in [1.29, 1.82) is 0 Å². The molecule has 1 aromatic rings. The number of benzene rings is 1. The molecule has 1 heterocycles. The third-order valence-corrected chi connectivity index (χ3v) is 5.14. The Hall–Kier alpha value is -2.08. The number of nitrogens with one attached hydrogen (secondary N) is 1. The number of carbonyl (C=O) groups excluding carboxylic acids is 2. The molecule has 1 aromatic carbocycles. The highest BCUT2D eigenvalue weighted by atomic mass is 16.5. The first-order valence-electron chi connectivity index (χ1n) is 9.07. The zero-order valence-corrected chi connectivity index (χ0v) is 15.2. The van der Waals surface area contributed by atoms with Crippen molar-refractivity contribution in [1.82, 2.24) is 4.90 Å². The Kier molecular flexibility index (Phi) is 6.82. The number of rotatable bonds is 8. The topological polar surface area (TPSA) is 84.7 Å². The van der Waals surface area contributed by atoms with Gasteiger partial charge < -0.3 is 20.7 Å². The average Bonchev–Trinajstić information content (AvgIpc) is 3.17. The summed E-state index contributed by atoms with van der Waals surface area (Å²) in [4.78, 5) is 26.5. The van der Waals surface area contributed by atoms with E-state index in [-0.39, 0.29) is 18.4 Å². The number of anilines is 1. The summed E-state index contributed by atoms with van der Waals surface area (Å²) in [5.41, 5.74) is 5.92. The minimum atomic E-state index is -0.553. The van der Waals surface area contributed by atoms with Crippen LogP contribution in [-0.2, 0) is 9.59 Å². The Morgan fingerprint density at radius 3 is 2.52 bits per heavy atom. The number of nitrogens with two attached hydrogens (primary N) is 1. The molecule has 1 saturated heterocycles. The lowest BCUT2D eigenvalue weighted by molar-refractivity contribution is -0.132. The molecule has 3 N–H and O–H groups in total. The number of likely N-dealkylation sites (tertiary alicyclic amines) is 1. The zero-order chi connectivity index (χ0) is 18.3. The van der Waals surface area contributed by atoms with Gasteiger partial charge in [0.15, 0.2) is 6.61 Å². The monoisotopic (exact) mass is 347 g/mol. The van der Waals surface area contributed by atoms with Crippen molar-refractivity contribution in [2.45, 2.75) is 39.5 Å². The maximum absolute atomic E-state index is 12.6. The van der Waals surface area contributed by atoms with E-state index in [0.717, 1.165) is 25.9 Å². The SMILES string of the molecule is CCC(CC)(CN)C(=O)Nc1cccc(OCC(=O)N2CCCC2)c1. The van der Waals surface area contributed by atoms with Crippen LogP contribution in [0.25, 0.3) is 0 Å². The van der Waals surface area contributed by atoms with Crippen LogP contribution >= 0.6 is 0 Å². The highest BCUT2D eigenvalue weighted by Gasteiger charge is 2.33. The minimum Gasteiger partial charge on any atom is -0.484 e. The maximum Gasteiger partial charge on any atom is 0.260 e. The number of hydrogen-bond acceptors (Lipinski definition) is 4. The van der Waals surface area contributed by atoms with E-state index in [0.29, 0.717) is 30.8 Å². The first-order valence-corrected chi connectivity index (χ1v) is 9.07. The van der Waals surface area contributed by atoms with Gasteiger partial charge in [0.1, 0.15) is 5.75 Å². The third-order valence-electron chi connectivity index (χ3n) is 5.14. The summed E-state index contributed by atoms with van der Waals surface area (Å²) in [5, 5.41) is 2.92. The summed E-state index contributed by atoms with van der Waals surface area (Å²) in [7, 11) is 0. The van der Waals surface area contributed by atoms with E-state index in [9.17, 15) is 9.59 Å². The lowest BCUT2D eigenvalue weighted by Crippen LogP contribution is -2.41. The second kappa shape index (κ2) is 8.85. The number of amides is 2. The van der Waals surface area contributed by atoms with Gasteiger partial charge in [-0.15, -0.1) is 0 Å². The molecule has 0 atom stereocenters. The smallest absolute Gasteiger partial charge is 0.260 e. The molecule has 6 nitrogen and oxygen atoms in total. The summed E-state index contributed by atoms with van der Waals surface area (Å²) in [6.07, 6.45) is 3.49. The van der Waals surface area contributed by atoms with Gasteiger partial charge in [-0.1, -0.05) is 19.9 Å². The van der Waals surface area contributed by atoms with E-state index in [2.05, 4.69) is 5.32 Å². The zero-order valence-electron chi connectivity index (χ0n) is 15.2. The van der Waals surface area contributed by atoms with Crippen molar-refractivity contribution < 1.29 is 14.3 Å². The standard InChI is InChI=1S/C19H29N3O3/c1-3-19(4-2,14-20)18(24)21-15-8-7-9-16(12-15)25-13-17(23)22-10-5-6-11-22/h7-9,12H,3-6,10-11,13-14,20H2,1-2H3,(H,21,24). The lowest BCUT2D eigenvalue weighted by Gasteiger charge is -2.28. The molecular formula is C19H29N3O3. The van der Waals surface area contributed by atoms with Gasteiger partial charge in [-0.05, 0) is 37.8 Å². The van der Waals surface area contributed by atoms with Crippen LogP contribution in [0.3, 0.4) is 0 Å². The van der Waals surface area contributed by atoms with Gasteiger partial charge >= 0.3 is 0 Å². The van der Waals surface area contributed by atoms with Crippen molar-refractivity contribution in [3.63, 3.8) is 0 Å². The summed E-state index contributed by atoms with van der Waals surface area (Å²) < 4.78 is 5.60. The minimum absolute atomic E-state index is 0.00560. The molecule has 1 aliphatic heterocycles. The van der Waals surface area contributed by atoms with Crippen molar-refractivity contribution >= 4 is 17.5 Å². The molecular weight excluding hydrogens is 318 g/mol. The molecule has 2 rings (SSSR count). The average molecular weight is 347 g/mol. The Bertz CT molecular complexity index is 585. The Morgan fingerprint density at radius 1 is 1.24 bits per heavy atom. The van der Waals surface area contributed by atoms with Crippen LogP contribution in [0.15, 0.2) is 24.3 Å². The van der Waals surface area contributed by atoms with Crippen molar-refractivity contribution in [3.05, 3.63) is 24.3 Å². The van der Waals surface area contributed by atoms with Crippen LogP contribution in [-0.4, -0.2) is 43.0 Å². The number of carbonyl (C=O) groups is 2. The molecule has 1 aliphatic rings. The van der Waals surface area contributed by atoms with Gasteiger partial charge in [0, 0.05) is 31.4 Å². The fourth-order valence-electron chi connectivity index (χ4n) is 3.08. The molecule has 0 radical (unpaired) electrons. The van der Waals surface area contributed by atoms with Crippen molar-refractivity contribution in [2.75, 3.05) is 31.6 Å². The Balaban J connectivity index is 1.96. The first kappa shape index (κ1) is 19.2. The maximum atomic E-state index is 12.6. The number of ether oxygens (including phenoxy) is 1. The molecule has 138 valence electrons. The summed E-state index contributed by atoms with van der Waals surface area (Å²) in [6.45, 7) is 5.90. The largest absolute Gasteiger partial charge is 0.484 e. The van der Waals surface area contributed by atoms with E-state index >= 15 is 0 Å². The van der Waals surface area contributed by atoms with Gasteiger partial charge in [-0.25, -0.2) is 0 Å². The quantitative estimate of drug-likeness (QED) is 0.756. The lowest BCUT2D eigenvalue weighted by atomic mass is 9.81. The Morgan fingerprint density at radius 2 is 1.92 bits per heavy atom. The molecule has 6 heteroatoms. The van der Waals surface area contributed by atoms with E-state index < -0.39 is 5.41 Å². The molecule has 0 bridgehead atoms. The second-order valence-electron chi connectivity index (χ2n) is 6.55. The summed E-state index contributed by atoms with van der Waals surface area (Å²) >= 11 is 0. The van der Waals surface area contributed by atoms with Crippen LogP contribution in [0, 0.1) is 5.41 Å². The Labute approximate surface area is 149 Å². The van der Waals surface area contributed by atoms with Crippen LogP contribution in [0.4, 0.5) is 5.69 Å². The second-order valence-corrected chi connectivity index (χ2v) is 6.55. The third kappa shape index (κ3) is 4.72. The van der Waals surface area contributed by atoms with Gasteiger partial charge in [0.2, 0.25) is 5.91 Å². The molecule has 0 unspecified atom stereocenters. The first-order chi connectivity index (χ1) is 12.0. The van der Waals surface area contributed by atoms with Crippen LogP contribution < -0.4 is 15.8 Å². The predicted molar refractivity (Wildman–Crippen MR) is 98.5 cm³/mol. The van der Waals surface area contributed by atoms with Gasteiger partial charge in [-0.3, -0.25) is 9.59 Å². The van der Waals surface area contributed by atoms with E-state index in [1.165, 1.54) is 0 Å². The van der Waals surface area contributed by atoms with Gasteiger partial charge in [0.25, 0.3) is 5.91 Å². The molecule has 1 fully saturated rings. The molecule has 0 aromatic heterocycles. The normalized spacial score (nSPS) is 14.4. The highest BCUT2D eigenvalue weighted by molar-refractivity contribution is 5.95. The number of hydrogen-bond donors (Lipinski definition) is 2. The van der Waals surface area contributed by atoms with Crippen molar-refractivity contribution in [3.8, 4) is 5.75 Å². The molecule has 0 spiro atoms. The van der Waals surface area contributed by atoms with Crippen LogP contribution in [0.2, 0.25) is 0 Å². The molecule has 2 amide bonds.